The van der Waals surface area contributed by atoms with Crippen LogP contribution in [0.3, 0.4) is 0 Å². The maximum absolute atomic E-state index is 11.9. The summed E-state index contributed by atoms with van der Waals surface area (Å²) in [6, 6.07) is 0.0780. The number of allylic oxidation sites excluding steroid dienone is 1. The molecule has 1 atom stereocenters. The molecule has 1 heterocycles. The molecule has 1 aromatic heterocycles. The molecule has 0 bridgehead atoms. The number of nitrogen functional groups attached to an aromatic ring is 1. The first kappa shape index (κ1) is 12.0. The van der Waals surface area contributed by atoms with E-state index in [1.165, 1.54) is 0 Å². The molecule has 4 heteroatoms. The number of halogens is 1. The van der Waals surface area contributed by atoms with Gasteiger partial charge in [0.25, 0.3) is 5.56 Å². The van der Waals surface area contributed by atoms with Crippen LogP contribution in [0.2, 0.25) is 0 Å². The van der Waals surface area contributed by atoms with Gasteiger partial charge in [0.15, 0.2) is 0 Å². The average molecular weight is 271 g/mol. The third kappa shape index (κ3) is 2.31. The molecule has 1 rings (SSSR count). The summed E-state index contributed by atoms with van der Waals surface area (Å²) in [6.45, 7) is 7.45. The van der Waals surface area contributed by atoms with Crippen molar-refractivity contribution in [1.29, 1.82) is 0 Å². The van der Waals surface area contributed by atoms with Crippen LogP contribution in [0.4, 0.5) is 5.69 Å². The molecule has 1 aromatic rings. The van der Waals surface area contributed by atoms with Gasteiger partial charge in [0.1, 0.15) is 0 Å². The molecule has 0 saturated carbocycles. The van der Waals surface area contributed by atoms with Gasteiger partial charge in [-0.2, -0.15) is 0 Å². The fourth-order valence-electron chi connectivity index (χ4n) is 1.39. The van der Waals surface area contributed by atoms with Gasteiger partial charge in [0.05, 0.1) is 10.2 Å². The highest BCUT2D eigenvalue weighted by molar-refractivity contribution is 9.10. The lowest BCUT2D eigenvalue weighted by molar-refractivity contribution is 0.535. The smallest absolute Gasteiger partial charge is 0.265 e. The van der Waals surface area contributed by atoms with Crippen LogP contribution >= 0.6 is 15.9 Å². The molecule has 0 aliphatic rings. The minimum Gasteiger partial charge on any atom is -0.397 e. The minimum atomic E-state index is -0.0453. The molecule has 82 valence electrons. The zero-order valence-electron chi connectivity index (χ0n) is 8.96. The minimum absolute atomic E-state index is 0.0453. The van der Waals surface area contributed by atoms with Crippen molar-refractivity contribution in [1.82, 2.24) is 4.57 Å². The molecule has 15 heavy (non-hydrogen) atoms. The van der Waals surface area contributed by atoms with Crippen LogP contribution < -0.4 is 11.3 Å². The molecule has 2 N–H and O–H groups in total. The van der Waals surface area contributed by atoms with E-state index in [-0.39, 0.29) is 11.6 Å². The first-order valence-corrected chi connectivity index (χ1v) is 5.56. The number of nitrogens with two attached hydrogens (primary N) is 1. The van der Waals surface area contributed by atoms with E-state index in [1.54, 1.807) is 16.8 Å². The Morgan fingerprint density at radius 3 is 2.87 bits per heavy atom. The number of pyridine rings is 1. The Balaban J connectivity index is 3.32. The lowest BCUT2D eigenvalue weighted by Crippen LogP contribution is -2.24. The Morgan fingerprint density at radius 2 is 2.33 bits per heavy atom. The third-order valence-electron chi connectivity index (χ3n) is 2.45. The zero-order valence-corrected chi connectivity index (χ0v) is 10.5. The van der Waals surface area contributed by atoms with Gasteiger partial charge in [-0.15, -0.1) is 6.58 Å². The maximum Gasteiger partial charge on any atom is 0.265 e. The van der Waals surface area contributed by atoms with Crippen molar-refractivity contribution >= 4 is 21.6 Å². The van der Waals surface area contributed by atoms with Gasteiger partial charge in [0.2, 0.25) is 0 Å². The van der Waals surface area contributed by atoms with Crippen molar-refractivity contribution in [2.45, 2.75) is 26.3 Å². The summed E-state index contributed by atoms with van der Waals surface area (Å²) in [5.41, 5.74) is 7.18. The first-order valence-electron chi connectivity index (χ1n) is 4.76. The van der Waals surface area contributed by atoms with E-state index in [2.05, 4.69) is 22.5 Å². The molecular weight excluding hydrogens is 256 g/mol. The summed E-state index contributed by atoms with van der Waals surface area (Å²) in [5, 5.41) is 0. The Kier molecular flexibility index (Phi) is 3.74. The Hall–Kier alpha value is -1.03. The van der Waals surface area contributed by atoms with Crippen molar-refractivity contribution in [3.8, 4) is 0 Å². The van der Waals surface area contributed by atoms with E-state index >= 15 is 0 Å². The topological polar surface area (TPSA) is 48.0 Å². The van der Waals surface area contributed by atoms with Crippen molar-refractivity contribution in [3.63, 3.8) is 0 Å². The summed E-state index contributed by atoms with van der Waals surface area (Å²) in [6.07, 6.45) is 4.23. The first-order chi connectivity index (χ1) is 6.99. The monoisotopic (exact) mass is 270 g/mol. The number of hydrogen-bond acceptors (Lipinski definition) is 2. The van der Waals surface area contributed by atoms with Crippen LogP contribution in [-0.4, -0.2) is 4.57 Å². The maximum atomic E-state index is 11.9. The number of rotatable bonds is 3. The van der Waals surface area contributed by atoms with Gasteiger partial charge in [-0.05, 0) is 41.8 Å². The summed E-state index contributed by atoms with van der Waals surface area (Å²) in [7, 11) is 0. The molecule has 0 fully saturated rings. The average Bonchev–Trinajstić information content (AvgIpc) is 2.20. The second kappa shape index (κ2) is 4.66. The molecular formula is C11H15BrN2O. The molecule has 0 spiro atoms. The molecule has 0 radical (unpaired) electrons. The largest absolute Gasteiger partial charge is 0.397 e. The molecule has 0 saturated heterocycles. The van der Waals surface area contributed by atoms with Gasteiger partial charge in [-0.1, -0.05) is 6.08 Å². The van der Waals surface area contributed by atoms with Crippen LogP contribution in [0.15, 0.2) is 28.1 Å². The van der Waals surface area contributed by atoms with Crippen LogP contribution in [0.25, 0.3) is 0 Å². The van der Waals surface area contributed by atoms with E-state index in [1.807, 2.05) is 13.8 Å². The highest BCUT2D eigenvalue weighted by atomic mass is 79.9. The number of aromatic nitrogens is 1. The zero-order chi connectivity index (χ0) is 11.6. The van der Waals surface area contributed by atoms with E-state index < -0.39 is 0 Å². The fraction of sp³-hybridized carbons (Fsp3) is 0.364. The molecule has 0 aliphatic carbocycles. The highest BCUT2D eigenvalue weighted by Crippen LogP contribution is 2.20. The van der Waals surface area contributed by atoms with Crippen LogP contribution in [-0.2, 0) is 0 Å². The fourth-order valence-corrected chi connectivity index (χ4v) is 1.82. The molecule has 1 unspecified atom stereocenters. The normalized spacial score (nSPS) is 12.5. The number of nitrogens with zero attached hydrogens (tertiary/aromatic N) is 1. The second-order valence-corrected chi connectivity index (χ2v) is 4.40. The Labute approximate surface area is 97.7 Å². The van der Waals surface area contributed by atoms with Crippen LogP contribution in [0, 0.1) is 6.92 Å². The predicted octanol–water partition coefficient (Wildman–Crippen LogP) is 2.64. The summed E-state index contributed by atoms with van der Waals surface area (Å²) in [4.78, 5) is 11.9. The summed E-state index contributed by atoms with van der Waals surface area (Å²) in [5.74, 6) is 0. The van der Waals surface area contributed by atoms with E-state index in [9.17, 15) is 4.79 Å². The summed E-state index contributed by atoms with van der Waals surface area (Å²) < 4.78 is 2.17. The van der Waals surface area contributed by atoms with Gasteiger partial charge in [-0.3, -0.25) is 4.79 Å². The molecule has 3 nitrogen and oxygen atoms in total. The van der Waals surface area contributed by atoms with Gasteiger partial charge in [-0.25, -0.2) is 0 Å². The standard InChI is InChI=1S/C11H15BrN2O/c1-4-5-7(2)14-6-9(13)8(3)10(12)11(14)15/h4,6-7H,1,5,13H2,2-3H3. The SMILES string of the molecule is C=CCC(C)n1cc(N)c(C)c(Br)c1=O. The molecule has 0 aliphatic heterocycles. The van der Waals surface area contributed by atoms with Crippen molar-refractivity contribution in [3.05, 3.63) is 39.2 Å². The molecule has 0 amide bonds. The lowest BCUT2D eigenvalue weighted by atomic mass is 10.2. The van der Waals surface area contributed by atoms with Gasteiger partial charge >= 0.3 is 0 Å². The molecule has 0 aromatic carbocycles. The van der Waals surface area contributed by atoms with Crippen molar-refractivity contribution in [2.75, 3.05) is 5.73 Å². The van der Waals surface area contributed by atoms with Crippen LogP contribution in [0.5, 0.6) is 0 Å². The van der Waals surface area contributed by atoms with Gasteiger partial charge in [0, 0.05) is 12.2 Å². The van der Waals surface area contributed by atoms with Gasteiger partial charge < -0.3 is 10.3 Å². The van der Waals surface area contributed by atoms with E-state index in [4.69, 9.17) is 5.73 Å². The number of anilines is 1. The number of hydrogen-bond donors (Lipinski definition) is 1. The van der Waals surface area contributed by atoms with Crippen molar-refractivity contribution in [2.24, 2.45) is 0 Å². The van der Waals surface area contributed by atoms with Crippen LogP contribution in [0.1, 0.15) is 24.9 Å². The third-order valence-corrected chi connectivity index (χ3v) is 3.38. The van der Waals surface area contributed by atoms with E-state index in [0.29, 0.717) is 10.2 Å². The Morgan fingerprint density at radius 1 is 1.73 bits per heavy atom. The quantitative estimate of drug-likeness (QED) is 0.859. The van der Waals surface area contributed by atoms with Crippen molar-refractivity contribution < 1.29 is 0 Å². The Bertz CT molecular complexity index is 437. The lowest BCUT2D eigenvalue weighted by Gasteiger charge is -2.15. The predicted molar refractivity (Wildman–Crippen MR) is 67.1 cm³/mol. The second-order valence-electron chi connectivity index (χ2n) is 3.61. The highest BCUT2D eigenvalue weighted by Gasteiger charge is 2.11. The van der Waals surface area contributed by atoms with E-state index in [0.717, 1.165) is 12.0 Å². The summed E-state index contributed by atoms with van der Waals surface area (Å²) >= 11 is 3.26.